The Morgan fingerprint density at radius 3 is 2.64 bits per heavy atom. The maximum Gasteiger partial charge on any atom is 0.258 e. The average molecular weight is 316 g/mol. The molecule has 114 valence electrons. The van der Waals surface area contributed by atoms with Crippen LogP contribution in [0.2, 0.25) is 5.02 Å². The molecule has 0 unspecified atom stereocenters. The zero-order valence-electron chi connectivity index (χ0n) is 12.2. The fourth-order valence-corrected chi connectivity index (χ4v) is 2.66. The van der Waals surface area contributed by atoms with E-state index in [-0.39, 0.29) is 18.6 Å². The van der Waals surface area contributed by atoms with Crippen molar-refractivity contribution in [2.24, 2.45) is 5.92 Å². The summed E-state index contributed by atoms with van der Waals surface area (Å²) in [6.45, 7) is -0.00358. The Hall–Kier alpha value is -2.00. The summed E-state index contributed by atoms with van der Waals surface area (Å²) in [7, 11) is 0. The summed E-state index contributed by atoms with van der Waals surface area (Å²) in [5, 5.41) is 3.68. The predicted octanol–water partition coefficient (Wildman–Crippen LogP) is 3.99. The lowest BCUT2D eigenvalue weighted by Crippen LogP contribution is -2.33. The summed E-state index contributed by atoms with van der Waals surface area (Å²) in [5.41, 5.74) is 1.15. The van der Waals surface area contributed by atoms with E-state index in [4.69, 9.17) is 16.3 Å². The molecule has 4 heteroatoms. The molecule has 0 bridgehead atoms. The van der Waals surface area contributed by atoms with Gasteiger partial charge >= 0.3 is 0 Å². The number of rotatable bonds is 6. The second-order valence-electron chi connectivity index (χ2n) is 5.54. The molecule has 1 aliphatic rings. The van der Waals surface area contributed by atoms with Crippen molar-refractivity contribution in [1.82, 2.24) is 5.32 Å². The van der Waals surface area contributed by atoms with E-state index in [0.29, 0.717) is 16.7 Å². The van der Waals surface area contributed by atoms with Gasteiger partial charge in [0.2, 0.25) is 0 Å². The van der Waals surface area contributed by atoms with Crippen LogP contribution in [-0.2, 0) is 4.79 Å². The second-order valence-corrected chi connectivity index (χ2v) is 5.98. The zero-order valence-corrected chi connectivity index (χ0v) is 12.9. The minimum absolute atomic E-state index is 0.00358. The van der Waals surface area contributed by atoms with Crippen LogP contribution >= 0.6 is 11.6 Å². The van der Waals surface area contributed by atoms with E-state index in [1.807, 2.05) is 18.2 Å². The van der Waals surface area contributed by atoms with Crippen molar-refractivity contribution in [3.8, 4) is 5.75 Å². The van der Waals surface area contributed by atoms with E-state index in [2.05, 4.69) is 17.4 Å². The predicted molar refractivity (Wildman–Crippen MR) is 87.0 cm³/mol. The first-order valence-electron chi connectivity index (χ1n) is 7.45. The summed E-state index contributed by atoms with van der Waals surface area (Å²) >= 11 is 5.89. The smallest absolute Gasteiger partial charge is 0.258 e. The van der Waals surface area contributed by atoms with Crippen LogP contribution < -0.4 is 10.1 Å². The van der Waals surface area contributed by atoms with Crippen LogP contribution in [0.5, 0.6) is 5.75 Å². The average Bonchev–Trinajstić information content (AvgIpc) is 3.36. The quantitative estimate of drug-likeness (QED) is 0.875. The van der Waals surface area contributed by atoms with Gasteiger partial charge < -0.3 is 10.1 Å². The minimum Gasteiger partial charge on any atom is -0.484 e. The maximum atomic E-state index is 12.1. The highest BCUT2D eigenvalue weighted by Gasteiger charge is 2.33. The Balaban J connectivity index is 1.58. The molecule has 1 aliphatic carbocycles. The third-order valence-corrected chi connectivity index (χ3v) is 3.97. The van der Waals surface area contributed by atoms with Crippen molar-refractivity contribution in [2.75, 3.05) is 6.61 Å². The Bertz CT molecular complexity index is 641. The summed E-state index contributed by atoms with van der Waals surface area (Å²) < 4.78 is 5.49. The van der Waals surface area contributed by atoms with Gasteiger partial charge in [-0.25, -0.2) is 0 Å². The highest BCUT2D eigenvalue weighted by Crippen LogP contribution is 2.40. The van der Waals surface area contributed by atoms with Gasteiger partial charge in [0.25, 0.3) is 5.91 Å². The summed E-state index contributed by atoms with van der Waals surface area (Å²) in [4.78, 5) is 12.1. The van der Waals surface area contributed by atoms with Gasteiger partial charge in [-0.1, -0.05) is 48.0 Å². The van der Waals surface area contributed by atoms with Crippen LogP contribution in [0, 0.1) is 5.92 Å². The van der Waals surface area contributed by atoms with Crippen LogP contribution in [0.25, 0.3) is 0 Å². The first-order chi connectivity index (χ1) is 10.7. The van der Waals surface area contributed by atoms with E-state index in [1.54, 1.807) is 24.3 Å². The monoisotopic (exact) mass is 315 g/mol. The van der Waals surface area contributed by atoms with Crippen LogP contribution in [0.3, 0.4) is 0 Å². The van der Waals surface area contributed by atoms with Crippen LogP contribution in [-0.4, -0.2) is 12.5 Å². The largest absolute Gasteiger partial charge is 0.484 e. The molecule has 0 spiro atoms. The lowest BCUT2D eigenvalue weighted by molar-refractivity contribution is -0.124. The molecule has 1 fully saturated rings. The lowest BCUT2D eigenvalue weighted by atomic mass is 10.0. The van der Waals surface area contributed by atoms with Gasteiger partial charge in [0, 0.05) is 5.02 Å². The number of nitrogens with one attached hydrogen (secondary N) is 1. The van der Waals surface area contributed by atoms with E-state index < -0.39 is 0 Å². The van der Waals surface area contributed by atoms with Gasteiger partial charge in [-0.3, -0.25) is 4.79 Å². The number of hydrogen-bond acceptors (Lipinski definition) is 2. The Kier molecular flexibility index (Phi) is 4.64. The molecule has 0 aliphatic heterocycles. The maximum absolute atomic E-state index is 12.1. The Morgan fingerprint density at radius 2 is 1.95 bits per heavy atom. The first kappa shape index (κ1) is 14.9. The number of carbonyl (C=O) groups excluding carboxylic acids is 1. The molecule has 1 saturated carbocycles. The number of halogens is 1. The molecule has 0 aromatic heterocycles. The number of amides is 1. The molecule has 0 saturated heterocycles. The van der Waals surface area contributed by atoms with E-state index in [9.17, 15) is 4.79 Å². The molecule has 1 amide bonds. The fourth-order valence-electron chi connectivity index (χ4n) is 2.48. The zero-order chi connectivity index (χ0) is 15.4. The van der Waals surface area contributed by atoms with Gasteiger partial charge in [-0.2, -0.15) is 0 Å². The molecule has 3 rings (SSSR count). The topological polar surface area (TPSA) is 38.3 Å². The van der Waals surface area contributed by atoms with E-state index in [1.165, 1.54) is 0 Å². The van der Waals surface area contributed by atoms with Gasteiger partial charge in [0.15, 0.2) is 6.61 Å². The van der Waals surface area contributed by atoms with Crippen molar-refractivity contribution in [2.45, 2.75) is 18.9 Å². The summed E-state index contributed by atoms with van der Waals surface area (Å²) in [6, 6.07) is 17.2. The van der Waals surface area contributed by atoms with Crippen molar-refractivity contribution in [3.63, 3.8) is 0 Å². The molecular weight excluding hydrogens is 298 g/mol. The Morgan fingerprint density at radius 1 is 1.18 bits per heavy atom. The number of hydrogen-bond donors (Lipinski definition) is 1. The molecule has 3 nitrogen and oxygen atoms in total. The van der Waals surface area contributed by atoms with E-state index >= 15 is 0 Å². The minimum atomic E-state index is -0.110. The van der Waals surface area contributed by atoms with Crippen molar-refractivity contribution >= 4 is 17.5 Å². The van der Waals surface area contributed by atoms with E-state index in [0.717, 1.165) is 18.4 Å². The van der Waals surface area contributed by atoms with Crippen LogP contribution in [0.15, 0.2) is 54.6 Å². The second kappa shape index (κ2) is 6.84. The highest BCUT2D eigenvalue weighted by atomic mass is 35.5. The molecule has 1 atom stereocenters. The number of ether oxygens (including phenoxy) is 1. The highest BCUT2D eigenvalue weighted by molar-refractivity contribution is 6.30. The third kappa shape index (κ3) is 4.01. The normalized spacial score (nSPS) is 15.1. The number of benzene rings is 2. The van der Waals surface area contributed by atoms with Gasteiger partial charge in [0.05, 0.1) is 6.04 Å². The standard InChI is InChI=1S/C18H18ClNO2/c19-15-7-4-8-16(11-15)22-12-17(21)20-18(14-9-10-14)13-5-2-1-3-6-13/h1-8,11,14,18H,9-10,12H2,(H,20,21)/t18-/m0/s1. The molecule has 0 heterocycles. The summed E-state index contributed by atoms with van der Waals surface area (Å²) in [6.07, 6.45) is 2.32. The van der Waals surface area contributed by atoms with Gasteiger partial charge in [-0.15, -0.1) is 0 Å². The fraction of sp³-hybridized carbons (Fsp3) is 0.278. The van der Waals surface area contributed by atoms with Crippen molar-refractivity contribution < 1.29 is 9.53 Å². The van der Waals surface area contributed by atoms with Crippen molar-refractivity contribution in [1.29, 1.82) is 0 Å². The molecule has 22 heavy (non-hydrogen) atoms. The molecule has 1 N–H and O–H groups in total. The van der Waals surface area contributed by atoms with Gasteiger partial charge in [0.1, 0.15) is 5.75 Å². The molecule has 2 aromatic carbocycles. The van der Waals surface area contributed by atoms with Crippen LogP contribution in [0.4, 0.5) is 0 Å². The molecular formula is C18H18ClNO2. The molecule has 0 radical (unpaired) electrons. The molecule has 2 aromatic rings. The van der Waals surface area contributed by atoms with Gasteiger partial charge in [-0.05, 0) is 42.5 Å². The third-order valence-electron chi connectivity index (χ3n) is 3.73. The lowest BCUT2D eigenvalue weighted by Gasteiger charge is -2.19. The van der Waals surface area contributed by atoms with Crippen molar-refractivity contribution in [3.05, 3.63) is 65.2 Å². The Labute approximate surface area is 135 Å². The first-order valence-corrected chi connectivity index (χ1v) is 7.83. The summed E-state index contributed by atoms with van der Waals surface area (Å²) in [5.74, 6) is 1.03. The number of carbonyl (C=O) groups is 1. The SMILES string of the molecule is O=C(COc1cccc(Cl)c1)N[C@@H](c1ccccc1)C1CC1. The van der Waals surface area contributed by atoms with Crippen LogP contribution in [0.1, 0.15) is 24.4 Å².